The van der Waals surface area contributed by atoms with E-state index in [0.717, 1.165) is 31.7 Å². The van der Waals surface area contributed by atoms with Crippen LogP contribution in [0.1, 0.15) is 44.2 Å². The lowest BCUT2D eigenvalue weighted by atomic mass is 10.00. The van der Waals surface area contributed by atoms with E-state index in [2.05, 4.69) is 42.5 Å². The Balaban J connectivity index is 1.52. The van der Waals surface area contributed by atoms with Gasteiger partial charge in [0.15, 0.2) is 0 Å². The van der Waals surface area contributed by atoms with Crippen LogP contribution in [-0.4, -0.2) is 30.2 Å². The van der Waals surface area contributed by atoms with Crippen molar-refractivity contribution in [1.82, 2.24) is 10.4 Å². The van der Waals surface area contributed by atoms with Gasteiger partial charge >= 0.3 is 0 Å². The van der Waals surface area contributed by atoms with Crippen LogP contribution in [0.5, 0.6) is 5.75 Å². The summed E-state index contributed by atoms with van der Waals surface area (Å²) < 4.78 is 5.56. The van der Waals surface area contributed by atoms with E-state index >= 15 is 0 Å². The normalized spacial score (nSPS) is 26.3. The van der Waals surface area contributed by atoms with E-state index in [0.29, 0.717) is 12.1 Å². The van der Waals surface area contributed by atoms with Crippen LogP contribution in [0.3, 0.4) is 0 Å². The highest BCUT2D eigenvalue weighted by molar-refractivity contribution is 5.39. The molecule has 2 aliphatic heterocycles. The topological polar surface area (TPSA) is 24.5 Å². The molecule has 1 aromatic carbocycles. The standard InChI is InChI=1S/C17H26N2O/c1-13-4-3-5-14(2)19(13)18-10-8-15-6-7-17-16(12-15)9-11-20-17/h6-7,12-14,18H,3-5,8-11H2,1-2H3. The van der Waals surface area contributed by atoms with Gasteiger partial charge in [0.05, 0.1) is 6.61 Å². The van der Waals surface area contributed by atoms with Crippen molar-refractivity contribution in [2.24, 2.45) is 0 Å². The molecular weight excluding hydrogens is 248 g/mol. The van der Waals surface area contributed by atoms with E-state index in [1.165, 1.54) is 30.4 Å². The third-order valence-electron chi connectivity index (χ3n) is 4.66. The van der Waals surface area contributed by atoms with Crippen molar-refractivity contribution in [2.45, 2.75) is 58.0 Å². The molecule has 1 saturated heterocycles. The zero-order chi connectivity index (χ0) is 13.9. The number of nitrogens with one attached hydrogen (secondary N) is 1. The highest BCUT2D eigenvalue weighted by atomic mass is 16.5. The van der Waals surface area contributed by atoms with Crippen LogP contribution in [0.25, 0.3) is 0 Å². The Morgan fingerprint density at radius 2 is 2.05 bits per heavy atom. The predicted molar refractivity (Wildman–Crippen MR) is 82.0 cm³/mol. The second-order valence-electron chi connectivity index (χ2n) is 6.23. The zero-order valence-electron chi connectivity index (χ0n) is 12.7. The van der Waals surface area contributed by atoms with Gasteiger partial charge in [-0.25, -0.2) is 5.01 Å². The zero-order valence-corrected chi connectivity index (χ0v) is 12.7. The fourth-order valence-corrected chi connectivity index (χ4v) is 3.46. The second-order valence-corrected chi connectivity index (χ2v) is 6.23. The Labute approximate surface area is 122 Å². The van der Waals surface area contributed by atoms with Gasteiger partial charge in [0.2, 0.25) is 0 Å². The number of piperidine rings is 1. The van der Waals surface area contributed by atoms with Gasteiger partial charge in [0.25, 0.3) is 0 Å². The monoisotopic (exact) mass is 274 g/mol. The molecule has 1 N–H and O–H groups in total. The van der Waals surface area contributed by atoms with Crippen molar-refractivity contribution in [3.05, 3.63) is 29.3 Å². The summed E-state index contributed by atoms with van der Waals surface area (Å²) in [6, 6.07) is 7.96. The Morgan fingerprint density at radius 3 is 2.85 bits per heavy atom. The van der Waals surface area contributed by atoms with E-state index in [1.54, 1.807) is 0 Å². The third-order valence-corrected chi connectivity index (χ3v) is 4.66. The average Bonchev–Trinajstić information content (AvgIpc) is 2.89. The van der Waals surface area contributed by atoms with Crippen molar-refractivity contribution in [1.29, 1.82) is 0 Å². The molecule has 2 atom stereocenters. The molecule has 0 aromatic heterocycles. The van der Waals surface area contributed by atoms with Gasteiger partial charge in [-0.05, 0) is 50.3 Å². The summed E-state index contributed by atoms with van der Waals surface area (Å²) in [5.41, 5.74) is 6.43. The molecule has 3 rings (SSSR count). The number of hydrazine groups is 1. The van der Waals surface area contributed by atoms with Gasteiger partial charge in [-0.3, -0.25) is 5.43 Å². The number of hydrogen-bond acceptors (Lipinski definition) is 3. The Hall–Kier alpha value is -1.06. The summed E-state index contributed by atoms with van der Waals surface area (Å²) in [7, 11) is 0. The van der Waals surface area contributed by atoms with Crippen LogP contribution in [-0.2, 0) is 12.8 Å². The molecule has 0 aliphatic carbocycles. The highest BCUT2D eigenvalue weighted by Gasteiger charge is 2.23. The molecule has 0 amide bonds. The molecule has 2 unspecified atom stereocenters. The van der Waals surface area contributed by atoms with Gasteiger partial charge in [0.1, 0.15) is 5.75 Å². The molecule has 0 spiro atoms. The van der Waals surface area contributed by atoms with Crippen LogP contribution in [0, 0.1) is 0 Å². The predicted octanol–water partition coefficient (Wildman–Crippen LogP) is 2.93. The number of ether oxygens (including phenoxy) is 1. The molecule has 3 heteroatoms. The van der Waals surface area contributed by atoms with Gasteiger partial charge in [-0.15, -0.1) is 0 Å². The van der Waals surface area contributed by atoms with E-state index in [1.807, 2.05) is 0 Å². The van der Waals surface area contributed by atoms with E-state index in [-0.39, 0.29) is 0 Å². The molecule has 20 heavy (non-hydrogen) atoms. The third kappa shape index (κ3) is 2.99. The molecule has 0 radical (unpaired) electrons. The summed E-state index contributed by atoms with van der Waals surface area (Å²) in [6.07, 6.45) is 6.15. The van der Waals surface area contributed by atoms with Crippen LogP contribution in [0.15, 0.2) is 18.2 Å². The average molecular weight is 274 g/mol. The first-order valence-electron chi connectivity index (χ1n) is 8.00. The molecule has 1 fully saturated rings. The lowest BCUT2D eigenvalue weighted by Crippen LogP contribution is -2.52. The maximum atomic E-state index is 5.56. The molecule has 0 saturated carbocycles. The maximum Gasteiger partial charge on any atom is 0.122 e. The van der Waals surface area contributed by atoms with Crippen molar-refractivity contribution in [3.8, 4) is 5.75 Å². The smallest absolute Gasteiger partial charge is 0.122 e. The SMILES string of the molecule is CC1CCCC(C)N1NCCc1ccc2c(c1)CCO2. The first kappa shape index (κ1) is 13.9. The lowest BCUT2D eigenvalue weighted by Gasteiger charge is -2.39. The van der Waals surface area contributed by atoms with Crippen LogP contribution in [0.4, 0.5) is 0 Å². The van der Waals surface area contributed by atoms with Crippen molar-refractivity contribution in [2.75, 3.05) is 13.2 Å². The van der Waals surface area contributed by atoms with Crippen molar-refractivity contribution in [3.63, 3.8) is 0 Å². The molecule has 3 nitrogen and oxygen atoms in total. The van der Waals surface area contributed by atoms with Crippen LogP contribution < -0.4 is 10.2 Å². The van der Waals surface area contributed by atoms with Gasteiger partial charge < -0.3 is 4.74 Å². The van der Waals surface area contributed by atoms with Gasteiger partial charge in [-0.1, -0.05) is 18.6 Å². The molecule has 2 aliphatic rings. The number of hydrogen-bond donors (Lipinski definition) is 1. The van der Waals surface area contributed by atoms with E-state index in [9.17, 15) is 0 Å². The largest absolute Gasteiger partial charge is 0.493 e. The second kappa shape index (κ2) is 6.15. The molecular formula is C17H26N2O. The summed E-state index contributed by atoms with van der Waals surface area (Å²) in [5.74, 6) is 1.08. The Kier molecular flexibility index (Phi) is 4.27. The maximum absolute atomic E-state index is 5.56. The number of fused-ring (bicyclic) bond motifs is 1. The minimum absolute atomic E-state index is 0.659. The number of nitrogens with zero attached hydrogens (tertiary/aromatic N) is 1. The van der Waals surface area contributed by atoms with E-state index in [4.69, 9.17) is 4.74 Å². The summed E-state index contributed by atoms with van der Waals surface area (Å²) in [5, 5.41) is 2.46. The van der Waals surface area contributed by atoms with Gasteiger partial charge in [0, 0.05) is 25.0 Å². The summed E-state index contributed by atoms with van der Waals surface area (Å²) in [6.45, 7) is 6.53. The van der Waals surface area contributed by atoms with Crippen molar-refractivity contribution < 1.29 is 4.74 Å². The van der Waals surface area contributed by atoms with Gasteiger partial charge in [-0.2, -0.15) is 0 Å². The van der Waals surface area contributed by atoms with Crippen LogP contribution >= 0.6 is 0 Å². The minimum atomic E-state index is 0.659. The number of rotatable bonds is 4. The Bertz CT molecular complexity index is 450. The number of benzene rings is 1. The fraction of sp³-hybridized carbons (Fsp3) is 0.647. The molecule has 1 aromatic rings. The lowest BCUT2D eigenvalue weighted by molar-refractivity contribution is 0.0470. The highest BCUT2D eigenvalue weighted by Crippen LogP contribution is 2.26. The minimum Gasteiger partial charge on any atom is -0.493 e. The molecule has 0 bridgehead atoms. The van der Waals surface area contributed by atoms with Crippen molar-refractivity contribution >= 4 is 0 Å². The first-order chi connectivity index (χ1) is 9.74. The van der Waals surface area contributed by atoms with E-state index < -0.39 is 0 Å². The summed E-state index contributed by atoms with van der Waals surface area (Å²) >= 11 is 0. The fourth-order valence-electron chi connectivity index (χ4n) is 3.46. The molecule has 110 valence electrons. The first-order valence-corrected chi connectivity index (χ1v) is 8.00. The van der Waals surface area contributed by atoms with Crippen LogP contribution in [0.2, 0.25) is 0 Å². The summed E-state index contributed by atoms with van der Waals surface area (Å²) in [4.78, 5) is 0. The quantitative estimate of drug-likeness (QED) is 0.913. The Morgan fingerprint density at radius 1 is 1.25 bits per heavy atom. The molecule has 2 heterocycles.